The van der Waals surface area contributed by atoms with E-state index in [2.05, 4.69) is 16.0 Å². The second-order valence-electron chi connectivity index (χ2n) is 7.07. The molecule has 0 saturated carbocycles. The number of pyridine rings is 1. The quantitative estimate of drug-likeness (QED) is 0.774. The van der Waals surface area contributed by atoms with Crippen LogP contribution in [0.5, 0.6) is 0 Å². The molecule has 2 aromatic carbocycles. The summed E-state index contributed by atoms with van der Waals surface area (Å²) in [4.78, 5) is 17.5. The molecule has 1 atom stereocenters. The first kappa shape index (κ1) is 16.1. The zero-order chi connectivity index (χ0) is 17.4. The molecule has 1 aliphatic heterocycles. The van der Waals surface area contributed by atoms with Gasteiger partial charge >= 0.3 is 0 Å². The molecule has 1 aromatic heterocycles. The van der Waals surface area contributed by atoms with Crippen LogP contribution in [0.1, 0.15) is 23.1 Å². The Kier molecular flexibility index (Phi) is 3.94. The van der Waals surface area contributed by atoms with Crippen LogP contribution in [0.2, 0.25) is 0 Å². The number of aliphatic hydroxyl groups is 1. The maximum atomic E-state index is 12.4. The van der Waals surface area contributed by atoms with Gasteiger partial charge in [0.15, 0.2) is 0 Å². The Morgan fingerprint density at radius 2 is 1.96 bits per heavy atom. The molecule has 0 spiro atoms. The van der Waals surface area contributed by atoms with Crippen molar-refractivity contribution in [2.45, 2.75) is 25.5 Å². The number of β-amino-alcohol motifs (C(OH)–C–C–N with tert-alkyl or cyclic N) is 1. The van der Waals surface area contributed by atoms with E-state index in [-0.39, 0.29) is 5.56 Å². The van der Waals surface area contributed by atoms with Crippen molar-refractivity contribution >= 4 is 10.9 Å². The fourth-order valence-electron chi connectivity index (χ4n) is 3.72. The van der Waals surface area contributed by atoms with E-state index >= 15 is 0 Å². The van der Waals surface area contributed by atoms with Crippen LogP contribution in [0.25, 0.3) is 10.9 Å². The van der Waals surface area contributed by atoms with Gasteiger partial charge in [-0.1, -0.05) is 42.0 Å². The summed E-state index contributed by atoms with van der Waals surface area (Å²) < 4.78 is 0. The molecule has 0 aliphatic carbocycles. The van der Waals surface area contributed by atoms with Gasteiger partial charge in [-0.25, -0.2) is 0 Å². The van der Waals surface area contributed by atoms with Crippen molar-refractivity contribution in [3.05, 3.63) is 81.6 Å². The first-order chi connectivity index (χ1) is 12.0. The van der Waals surface area contributed by atoms with Crippen molar-refractivity contribution in [2.24, 2.45) is 0 Å². The van der Waals surface area contributed by atoms with Crippen molar-refractivity contribution in [3.8, 4) is 0 Å². The van der Waals surface area contributed by atoms with E-state index in [1.807, 2.05) is 55.5 Å². The average molecular weight is 334 g/mol. The van der Waals surface area contributed by atoms with Gasteiger partial charge in [-0.3, -0.25) is 9.69 Å². The summed E-state index contributed by atoms with van der Waals surface area (Å²) in [6, 6.07) is 17.8. The minimum atomic E-state index is -0.832. The molecule has 4 heteroatoms. The van der Waals surface area contributed by atoms with E-state index in [9.17, 15) is 9.90 Å². The van der Waals surface area contributed by atoms with Crippen molar-refractivity contribution < 1.29 is 5.11 Å². The van der Waals surface area contributed by atoms with Crippen molar-refractivity contribution in [1.82, 2.24) is 9.88 Å². The summed E-state index contributed by atoms with van der Waals surface area (Å²) in [7, 11) is 0. The third-order valence-electron chi connectivity index (χ3n) is 5.11. The van der Waals surface area contributed by atoms with Crippen molar-refractivity contribution in [1.29, 1.82) is 0 Å². The number of nitrogens with zero attached hydrogens (tertiary/aromatic N) is 1. The molecule has 4 rings (SSSR count). The normalized spacial score (nSPS) is 21.0. The van der Waals surface area contributed by atoms with Crippen LogP contribution in [0, 0.1) is 6.92 Å². The lowest BCUT2D eigenvalue weighted by Gasteiger charge is -2.24. The molecule has 0 radical (unpaired) electrons. The Balaban J connectivity index is 1.58. The molecule has 0 bridgehead atoms. The zero-order valence-corrected chi connectivity index (χ0v) is 14.3. The zero-order valence-electron chi connectivity index (χ0n) is 14.3. The van der Waals surface area contributed by atoms with Crippen LogP contribution in [0.4, 0.5) is 0 Å². The van der Waals surface area contributed by atoms with Gasteiger partial charge in [-0.15, -0.1) is 0 Å². The first-order valence-electron chi connectivity index (χ1n) is 8.66. The molecule has 1 saturated heterocycles. The number of rotatable bonds is 3. The maximum Gasteiger partial charge on any atom is 0.252 e. The smallest absolute Gasteiger partial charge is 0.252 e. The van der Waals surface area contributed by atoms with Crippen LogP contribution in [0.15, 0.2) is 59.4 Å². The fourth-order valence-corrected chi connectivity index (χ4v) is 3.72. The summed E-state index contributed by atoms with van der Waals surface area (Å²) in [6.45, 7) is 3.91. The predicted octanol–water partition coefficient (Wildman–Crippen LogP) is 2.93. The van der Waals surface area contributed by atoms with E-state index < -0.39 is 5.60 Å². The number of aromatic amines is 1. The fraction of sp³-hybridized carbons (Fsp3) is 0.286. The summed E-state index contributed by atoms with van der Waals surface area (Å²) in [5.41, 5.74) is 2.84. The Morgan fingerprint density at radius 1 is 1.16 bits per heavy atom. The molecular weight excluding hydrogens is 312 g/mol. The summed E-state index contributed by atoms with van der Waals surface area (Å²) in [6.07, 6.45) is 0.682. The van der Waals surface area contributed by atoms with Gasteiger partial charge in [-0.05, 0) is 42.5 Å². The van der Waals surface area contributed by atoms with Gasteiger partial charge in [0.25, 0.3) is 5.56 Å². The lowest BCUT2D eigenvalue weighted by Crippen LogP contribution is -2.31. The topological polar surface area (TPSA) is 56.3 Å². The third-order valence-corrected chi connectivity index (χ3v) is 5.11. The van der Waals surface area contributed by atoms with Gasteiger partial charge in [0.1, 0.15) is 5.60 Å². The molecule has 2 heterocycles. The number of aryl methyl sites for hydroxylation is 1. The molecule has 2 N–H and O–H groups in total. The predicted molar refractivity (Wildman–Crippen MR) is 99.5 cm³/mol. The SMILES string of the molecule is Cc1ccc2[nH]c(=O)c(CN3CC[C@@](O)(c4ccccc4)C3)cc2c1. The highest BCUT2D eigenvalue weighted by atomic mass is 16.3. The number of benzene rings is 2. The van der Waals surface area contributed by atoms with Gasteiger partial charge in [-0.2, -0.15) is 0 Å². The Bertz CT molecular complexity index is 965. The lowest BCUT2D eigenvalue weighted by atomic mass is 9.93. The summed E-state index contributed by atoms with van der Waals surface area (Å²) >= 11 is 0. The minimum Gasteiger partial charge on any atom is -0.384 e. The number of nitrogens with one attached hydrogen (secondary N) is 1. The van der Waals surface area contributed by atoms with Crippen LogP contribution < -0.4 is 5.56 Å². The van der Waals surface area contributed by atoms with E-state index in [1.54, 1.807) is 0 Å². The van der Waals surface area contributed by atoms with Gasteiger partial charge < -0.3 is 10.1 Å². The van der Waals surface area contributed by atoms with Gasteiger partial charge in [0, 0.05) is 30.7 Å². The number of aromatic nitrogens is 1. The number of H-pyrrole nitrogens is 1. The molecule has 1 fully saturated rings. The number of likely N-dealkylation sites (tertiary alicyclic amines) is 1. The van der Waals surface area contributed by atoms with E-state index in [0.717, 1.165) is 28.6 Å². The molecule has 0 unspecified atom stereocenters. The highest BCUT2D eigenvalue weighted by Crippen LogP contribution is 2.32. The lowest BCUT2D eigenvalue weighted by molar-refractivity contribution is 0.0452. The molecule has 25 heavy (non-hydrogen) atoms. The van der Waals surface area contributed by atoms with Crippen molar-refractivity contribution in [2.75, 3.05) is 13.1 Å². The Labute approximate surface area is 146 Å². The highest BCUT2D eigenvalue weighted by Gasteiger charge is 2.37. The van der Waals surface area contributed by atoms with Gasteiger partial charge in [0.2, 0.25) is 0 Å². The first-order valence-corrected chi connectivity index (χ1v) is 8.66. The average Bonchev–Trinajstić information content (AvgIpc) is 2.99. The van der Waals surface area contributed by atoms with E-state index in [0.29, 0.717) is 19.5 Å². The Hall–Kier alpha value is -2.43. The molecular formula is C21H22N2O2. The summed E-state index contributed by atoms with van der Waals surface area (Å²) in [5, 5.41) is 12.0. The second-order valence-corrected chi connectivity index (χ2v) is 7.07. The van der Waals surface area contributed by atoms with Crippen LogP contribution >= 0.6 is 0 Å². The highest BCUT2D eigenvalue weighted by molar-refractivity contribution is 5.79. The Morgan fingerprint density at radius 3 is 2.76 bits per heavy atom. The van der Waals surface area contributed by atoms with Gasteiger partial charge in [0.05, 0.1) is 0 Å². The van der Waals surface area contributed by atoms with Crippen molar-refractivity contribution in [3.63, 3.8) is 0 Å². The molecule has 128 valence electrons. The largest absolute Gasteiger partial charge is 0.384 e. The monoisotopic (exact) mass is 334 g/mol. The molecule has 1 aliphatic rings. The second kappa shape index (κ2) is 6.14. The van der Waals surface area contributed by atoms with E-state index in [4.69, 9.17) is 0 Å². The molecule has 0 amide bonds. The summed E-state index contributed by atoms with van der Waals surface area (Å²) in [5.74, 6) is 0. The van der Waals surface area contributed by atoms with Crippen LogP contribution in [-0.2, 0) is 12.1 Å². The standard InChI is InChI=1S/C21H22N2O2/c1-15-7-8-19-16(11-15)12-17(20(24)22-19)13-23-10-9-21(25,14-23)18-5-3-2-4-6-18/h2-8,11-12,25H,9-10,13-14H2,1H3,(H,22,24)/t21-/m0/s1. The number of hydrogen-bond donors (Lipinski definition) is 2. The number of hydrogen-bond acceptors (Lipinski definition) is 3. The third kappa shape index (κ3) is 3.11. The van der Waals surface area contributed by atoms with Crippen LogP contribution in [-0.4, -0.2) is 28.1 Å². The van der Waals surface area contributed by atoms with Crippen LogP contribution in [0.3, 0.4) is 0 Å². The molecule has 4 nitrogen and oxygen atoms in total. The van der Waals surface area contributed by atoms with E-state index in [1.165, 1.54) is 5.56 Å². The maximum absolute atomic E-state index is 12.4. The molecule has 3 aromatic rings. The number of fused-ring (bicyclic) bond motifs is 1. The minimum absolute atomic E-state index is 0.0495.